The average Bonchev–Trinajstić information content (AvgIpc) is 3.17. The zero-order chi connectivity index (χ0) is 21.8. The van der Waals surface area contributed by atoms with Gasteiger partial charge in [-0.25, -0.2) is 4.98 Å². The fraction of sp³-hybridized carbons (Fsp3) is 0.560. The van der Waals surface area contributed by atoms with Crippen molar-refractivity contribution in [1.29, 1.82) is 0 Å². The number of nitrogens with zero attached hydrogens (tertiary/aromatic N) is 4. The molecule has 2 aromatic rings. The molecule has 3 aliphatic rings. The van der Waals surface area contributed by atoms with Crippen LogP contribution in [-0.2, 0) is 4.79 Å². The first kappa shape index (κ1) is 20.3. The molecule has 2 unspecified atom stereocenters. The predicted molar refractivity (Wildman–Crippen MR) is 119 cm³/mol. The molecule has 1 aromatic carbocycles. The molecule has 31 heavy (non-hydrogen) atoms. The van der Waals surface area contributed by atoms with E-state index in [4.69, 9.17) is 4.98 Å². The summed E-state index contributed by atoms with van der Waals surface area (Å²) < 4.78 is 2.09. The number of likely N-dealkylation sites (tertiary alicyclic amines) is 2. The van der Waals surface area contributed by atoms with E-state index in [1.165, 1.54) is 12.8 Å². The summed E-state index contributed by atoms with van der Waals surface area (Å²) in [6, 6.07) is 8.04. The van der Waals surface area contributed by atoms with Gasteiger partial charge in [0.15, 0.2) is 0 Å². The minimum Gasteiger partial charge on any atom is -0.342 e. The highest BCUT2D eigenvalue weighted by molar-refractivity contribution is 5.96. The van der Waals surface area contributed by atoms with E-state index in [-0.39, 0.29) is 17.7 Å². The lowest BCUT2D eigenvalue weighted by Gasteiger charge is -2.28. The van der Waals surface area contributed by atoms with Gasteiger partial charge >= 0.3 is 0 Å². The molecule has 1 spiro atoms. The third-order valence-corrected chi connectivity index (χ3v) is 7.42. The second kappa shape index (κ2) is 7.50. The molecule has 1 aromatic heterocycles. The van der Waals surface area contributed by atoms with Crippen LogP contribution in [0.5, 0.6) is 0 Å². The Morgan fingerprint density at radius 1 is 1.23 bits per heavy atom. The highest BCUT2D eigenvalue weighted by Crippen LogP contribution is 2.50. The van der Waals surface area contributed by atoms with Gasteiger partial charge in [-0.15, -0.1) is 0 Å². The summed E-state index contributed by atoms with van der Waals surface area (Å²) in [5, 5.41) is 0. The van der Waals surface area contributed by atoms with Gasteiger partial charge in [0.25, 0.3) is 5.91 Å². The largest absolute Gasteiger partial charge is 0.342 e. The number of amides is 2. The molecule has 5 rings (SSSR count). The van der Waals surface area contributed by atoms with E-state index in [1.54, 1.807) is 0 Å². The summed E-state index contributed by atoms with van der Waals surface area (Å²) in [6.45, 7) is 8.97. The van der Waals surface area contributed by atoms with Gasteiger partial charge < -0.3 is 14.4 Å². The van der Waals surface area contributed by atoms with Crippen LogP contribution in [0.4, 0.5) is 0 Å². The molecule has 2 aliphatic heterocycles. The van der Waals surface area contributed by atoms with Gasteiger partial charge in [0.2, 0.25) is 5.91 Å². The molecule has 6 heteroatoms. The highest BCUT2D eigenvalue weighted by atomic mass is 16.2. The number of rotatable bonds is 5. The van der Waals surface area contributed by atoms with Crippen LogP contribution in [0, 0.1) is 18.3 Å². The van der Waals surface area contributed by atoms with Crippen LogP contribution >= 0.6 is 0 Å². The number of carbonyl (C=O) groups excluding carboxylic acids is 2. The molecule has 164 valence electrons. The van der Waals surface area contributed by atoms with Crippen molar-refractivity contribution in [2.75, 3.05) is 26.2 Å². The number of hydrogen-bond acceptors (Lipinski definition) is 3. The van der Waals surface area contributed by atoms with Gasteiger partial charge in [0.05, 0.1) is 17.4 Å². The maximum absolute atomic E-state index is 13.7. The van der Waals surface area contributed by atoms with Crippen LogP contribution in [0.15, 0.2) is 36.8 Å². The lowest BCUT2D eigenvalue weighted by atomic mass is 9.75. The van der Waals surface area contributed by atoms with E-state index in [0.717, 1.165) is 30.8 Å². The van der Waals surface area contributed by atoms with Crippen LogP contribution in [0.3, 0.4) is 0 Å². The van der Waals surface area contributed by atoms with Gasteiger partial charge in [-0.05, 0) is 58.1 Å². The summed E-state index contributed by atoms with van der Waals surface area (Å²) in [4.78, 5) is 35.7. The monoisotopic (exact) mass is 420 g/mol. The summed E-state index contributed by atoms with van der Waals surface area (Å²) in [6.07, 6.45) is 7.21. The minimum absolute atomic E-state index is 0.0126. The fourth-order valence-electron chi connectivity index (χ4n) is 5.25. The van der Waals surface area contributed by atoms with E-state index in [2.05, 4.69) is 29.5 Å². The van der Waals surface area contributed by atoms with Crippen LogP contribution in [0.1, 0.15) is 66.7 Å². The number of hydrogen-bond donors (Lipinski definition) is 0. The first-order valence-electron chi connectivity index (χ1n) is 11.6. The fourth-order valence-corrected chi connectivity index (χ4v) is 5.25. The molecule has 0 radical (unpaired) electrons. The van der Waals surface area contributed by atoms with E-state index in [1.807, 2.05) is 42.4 Å². The van der Waals surface area contributed by atoms with Crippen molar-refractivity contribution in [2.45, 2.75) is 52.0 Å². The first-order chi connectivity index (χ1) is 14.9. The molecule has 2 atom stereocenters. The van der Waals surface area contributed by atoms with Crippen LogP contribution in [0.2, 0.25) is 0 Å². The third-order valence-electron chi connectivity index (χ3n) is 7.42. The minimum atomic E-state index is -0.550. The Kier molecular flexibility index (Phi) is 4.91. The van der Waals surface area contributed by atoms with Crippen molar-refractivity contribution >= 4 is 11.8 Å². The average molecular weight is 421 g/mol. The van der Waals surface area contributed by atoms with Gasteiger partial charge in [0.1, 0.15) is 0 Å². The Bertz CT molecular complexity index is 991. The van der Waals surface area contributed by atoms with Crippen molar-refractivity contribution in [1.82, 2.24) is 19.4 Å². The Labute approximate surface area is 184 Å². The summed E-state index contributed by atoms with van der Waals surface area (Å²) in [5.74, 6) is 0.851. The summed E-state index contributed by atoms with van der Waals surface area (Å²) >= 11 is 0. The normalized spacial score (nSPS) is 25.9. The number of aryl methyl sites for hydroxylation is 1. The molecule has 2 saturated heterocycles. The molecule has 0 bridgehead atoms. The maximum Gasteiger partial charge on any atom is 0.253 e. The molecule has 3 fully saturated rings. The van der Waals surface area contributed by atoms with Crippen molar-refractivity contribution in [3.05, 3.63) is 53.6 Å². The van der Waals surface area contributed by atoms with Gasteiger partial charge in [-0.1, -0.05) is 17.7 Å². The second-order valence-corrected chi connectivity index (χ2v) is 10.0. The standard InChI is InChI=1S/C25H32N4O2/c1-17(2)29-14-22(26-16-29)21-13-28(23(30)20-8-4-18(3)5-9-20)15-25(21)10-11-27(24(25)31)12-19-6-7-19/h4-5,8-9,14,16-17,19,21H,6-7,10-13,15H2,1-3H3. The van der Waals surface area contributed by atoms with E-state index in [0.29, 0.717) is 30.6 Å². The maximum atomic E-state index is 13.7. The van der Waals surface area contributed by atoms with Gasteiger partial charge in [-0.2, -0.15) is 0 Å². The van der Waals surface area contributed by atoms with E-state index < -0.39 is 5.41 Å². The Hall–Kier alpha value is -2.63. The van der Waals surface area contributed by atoms with Gasteiger partial charge in [-0.3, -0.25) is 9.59 Å². The molecular formula is C25H32N4O2. The number of aromatic nitrogens is 2. The molecule has 6 nitrogen and oxygen atoms in total. The van der Waals surface area contributed by atoms with Gasteiger partial charge in [0, 0.05) is 49.9 Å². The zero-order valence-electron chi connectivity index (χ0n) is 18.8. The topological polar surface area (TPSA) is 58.4 Å². The lowest BCUT2D eigenvalue weighted by molar-refractivity contribution is -0.136. The van der Waals surface area contributed by atoms with Crippen LogP contribution in [-0.4, -0.2) is 57.3 Å². The van der Waals surface area contributed by atoms with Crippen LogP contribution in [0.25, 0.3) is 0 Å². The second-order valence-electron chi connectivity index (χ2n) is 10.0. The Balaban J connectivity index is 1.46. The quantitative estimate of drug-likeness (QED) is 0.742. The lowest BCUT2D eigenvalue weighted by Crippen LogP contribution is -2.41. The number of carbonyl (C=O) groups is 2. The Morgan fingerprint density at radius 2 is 1.97 bits per heavy atom. The summed E-state index contributed by atoms with van der Waals surface area (Å²) in [7, 11) is 0. The zero-order valence-corrected chi connectivity index (χ0v) is 18.8. The SMILES string of the molecule is Cc1ccc(C(=O)N2CC(c3cn(C(C)C)cn3)C3(CCN(CC4CC4)C3=O)C2)cc1. The molecule has 2 amide bonds. The van der Waals surface area contributed by atoms with Crippen LogP contribution < -0.4 is 0 Å². The molecule has 1 aliphatic carbocycles. The highest BCUT2D eigenvalue weighted by Gasteiger charge is 2.59. The molecule has 0 N–H and O–H groups in total. The third kappa shape index (κ3) is 3.56. The number of imidazole rings is 1. The first-order valence-corrected chi connectivity index (χ1v) is 11.6. The summed E-state index contributed by atoms with van der Waals surface area (Å²) in [5.41, 5.74) is 2.21. The van der Waals surface area contributed by atoms with Crippen molar-refractivity contribution in [3.63, 3.8) is 0 Å². The predicted octanol–water partition coefficient (Wildman–Crippen LogP) is 3.64. The van der Waals surface area contributed by atoms with Crippen molar-refractivity contribution in [3.8, 4) is 0 Å². The van der Waals surface area contributed by atoms with E-state index >= 15 is 0 Å². The van der Waals surface area contributed by atoms with Crippen molar-refractivity contribution < 1.29 is 9.59 Å². The van der Waals surface area contributed by atoms with Crippen molar-refractivity contribution in [2.24, 2.45) is 11.3 Å². The molecular weight excluding hydrogens is 388 g/mol. The van der Waals surface area contributed by atoms with E-state index in [9.17, 15) is 9.59 Å². The Morgan fingerprint density at radius 3 is 2.61 bits per heavy atom. The smallest absolute Gasteiger partial charge is 0.253 e. The molecule has 1 saturated carbocycles. The molecule has 3 heterocycles. The number of benzene rings is 1.